The molecule has 6 nitrogen and oxygen atoms in total. The fraction of sp³-hybridized carbons (Fsp3) is 0.345. The number of amides is 1. The van der Waals surface area contributed by atoms with Gasteiger partial charge in [0.1, 0.15) is 12.4 Å². The average Bonchev–Trinajstić information content (AvgIpc) is 3.12. The van der Waals surface area contributed by atoms with Crippen LogP contribution in [-0.4, -0.2) is 50.4 Å². The fourth-order valence-corrected chi connectivity index (χ4v) is 4.81. The Morgan fingerprint density at radius 1 is 0.833 bits per heavy atom. The third kappa shape index (κ3) is 6.12. The predicted molar refractivity (Wildman–Crippen MR) is 138 cm³/mol. The second-order valence-corrected chi connectivity index (χ2v) is 9.42. The number of hydrogen-bond donors (Lipinski definition) is 0. The zero-order valence-corrected chi connectivity index (χ0v) is 21.0. The van der Waals surface area contributed by atoms with Crippen LogP contribution in [0, 0.1) is 0 Å². The van der Waals surface area contributed by atoms with Gasteiger partial charge in [-0.2, -0.15) is 0 Å². The van der Waals surface area contributed by atoms with Gasteiger partial charge in [-0.1, -0.05) is 54.1 Å². The molecule has 0 N–H and O–H groups in total. The maximum atomic E-state index is 13.4. The molecule has 0 aromatic heterocycles. The van der Waals surface area contributed by atoms with Crippen LogP contribution in [0.25, 0.3) is 0 Å². The summed E-state index contributed by atoms with van der Waals surface area (Å²) in [5.74, 6) is 2.04. The maximum absolute atomic E-state index is 13.4. The standard InChI is InChI=1S/C29H30ClNO5/c30-25-17-23(18-27-29(25)36-11-4-10-34-27)19-28(32)31-9-12-33-13-14-35-26-8-2-1-7-24(26)16-21-5-3-6-22(15-21)20-31/h1-3,5-8,15,17-18H,4,9-14,16,19-20H2. The Morgan fingerprint density at radius 3 is 2.61 bits per heavy atom. The molecule has 0 unspecified atom stereocenters. The normalized spacial score (nSPS) is 16.2. The number of carbonyl (C=O) groups is 1. The molecule has 0 radical (unpaired) electrons. The van der Waals surface area contributed by atoms with Crippen LogP contribution in [0.15, 0.2) is 60.7 Å². The van der Waals surface area contributed by atoms with Crippen LogP contribution in [0.5, 0.6) is 17.2 Å². The Bertz CT molecular complexity index is 1210. The van der Waals surface area contributed by atoms with Crippen LogP contribution in [0.1, 0.15) is 28.7 Å². The lowest BCUT2D eigenvalue weighted by molar-refractivity contribution is -0.131. The van der Waals surface area contributed by atoms with E-state index in [1.807, 2.05) is 35.2 Å². The second-order valence-electron chi connectivity index (χ2n) is 9.01. The number of para-hydroxylation sites is 1. The first-order chi connectivity index (χ1) is 17.7. The van der Waals surface area contributed by atoms with Crippen molar-refractivity contribution in [1.29, 1.82) is 0 Å². The summed E-state index contributed by atoms with van der Waals surface area (Å²) in [6.07, 6.45) is 1.77. The number of rotatable bonds is 2. The van der Waals surface area contributed by atoms with E-state index in [4.69, 9.17) is 30.5 Å². The minimum absolute atomic E-state index is 0.00301. The quantitative estimate of drug-likeness (QED) is 0.484. The molecule has 2 aliphatic heterocycles. The van der Waals surface area contributed by atoms with Gasteiger partial charge in [0.2, 0.25) is 5.91 Å². The molecule has 0 fully saturated rings. The Balaban J connectivity index is 1.35. The first kappa shape index (κ1) is 24.5. The molecule has 2 heterocycles. The molecule has 0 spiro atoms. The van der Waals surface area contributed by atoms with Gasteiger partial charge in [-0.25, -0.2) is 0 Å². The van der Waals surface area contributed by atoms with Crippen LogP contribution in [0.4, 0.5) is 0 Å². The third-order valence-corrected chi connectivity index (χ3v) is 6.57. The van der Waals surface area contributed by atoms with Gasteiger partial charge in [0.25, 0.3) is 0 Å². The summed E-state index contributed by atoms with van der Waals surface area (Å²) in [6.45, 7) is 3.46. The highest BCUT2D eigenvalue weighted by Gasteiger charge is 2.20. The Labute approximate surface area is 216 Å². The van der Waals surface area contributed by atoms with Crippen molar-refractivity contribution in [2.75, 3.05) is 39.6 Å². The number of hydrogen-bond acceptors (Lipinski definition) is 5. The van der Waals surface area contributed by atoms with Gasteiger partial charge < -0.3 is 23.8 Å². The molecule has 0 saturated carbocycles. The molecule has 0 aliphatic carbocycles. The van der Waals surface area contributed by atoms with E-state index in [0.29, 0.717) is 62.6 Å². The van der Waals surface area contributed by atoms with Gasteiger partial charge in [0.15, 0.2) is 11.5 Å². The molecule has 1 amide bonds. The predicted octanol–water partition coefficient (Wildman–Crippen LogP) is 5.07. The van der Waals surface area contributed by atoms with Crippen molar-refractivity contribution in [3.63, 3.8) is 0 Å². The molecule has 3 aromatic carbocycles. The molecule has 2 bridgehead atoms. The number of ether oxygens (including phenoxy) is 4. The first-order valence-corrected chi connectivity index (χ1v) is 12.8. The van der Waals surface area contributed by atoms with Crippen LogP contribution < -0.4 is 14.2 Å². The largest absolute Gasteiger partial charge is 0.491 e. The molecule has 7 heteroatoms. The van der Waals surface area contributed by atoms with Crippen molar-refractivity contribution in [3.05, 3.63) is 87.9 Å². The first-order valence-electron chi connectivity index (χ1n) is 12.4. The highest BCUT2D eigenvalue weighted by molar-refractivity contribution is 6.32. The molecular weight excluding hydrogens is 478 g/mol. The molecule has 36 heavy (non-hydrogen) atoms. The smallest absolute Gasteiger partial charge is 0.227 e. The van der Waals surface area contributed by atoms with Crippen molar-refractivity contribution in [1.82, 2.24) is 4.90 Å². The number of carbonyl (C=O) groups excluding carboxylic acids is 1. The van der Waals surface area contributed by atoms with Crippen LogP contribution in [0.3, 0.4) is 0 Å². The van der Waals surface area contributed by atoms with Crippen molar-refractivity contribution in [2.45, 2.75) is 25.8 Å². The van der Waals surface area contributed by atoms with E-state index in [-0.39, 0.29) is 12.3 Å². The summed E-state index contributed by atoms with van der Waals surface area (Å²) in [7, 11) is 0. The lowest BCUT2D eigenvalue weighted by Gasteiger charge is -2.24. The van der Waals surface area contributed by atoms with E-state index in [9.17, 15) is 4.79 Å². The topological polar surface area (TPSA) is 57.2 Å². The van der Waals surface area contributed by atoms with Gasteiger partial charge in [-0.15, -0.1) is 0 Å². The molecule has 0 atom stereocenters. The van der Waals surface area contributed by atoms with Gasteiger partial charge in [0.05, 0.1) is 37.9 Å². The van der Waals surface area contributed by atoms with Crippen LogP contribution >= 0.6 is 11.6 Å². The van der Waals surface area contributed by atoms with E-state index < -0.39 is 0 Å². The van der Waals surface area contributed by atoms with E-state index in [1.165, 1.54) is 5.56 Å². The van der Waals surface area contributed by atoms with Crippen molar-refractivity contribution >= 4 is 17.5 Å². The molecule has 3 aromatic rings. The van der Waals surface area contributed by atoms with Crippen LogP contribution in [-0.2, 0) is 28.9 Å². The summed E-state index contributed by atoms with van der Waals surface area (Å²) in [5, 5.41) is 0.467. The number of halogens is 1. The monoisotopic (exact) mass is 507 g/mol. The van der Waals surface area contributed by atoms with Crippen molar-refractivity contribution < 1.29 is 23.7 Å². The van der Waals surface area contributed by atoms with E-state index in [1.54, 1.807) is 6.07 Å². The Hall–Kier alpha value is -3.22. The van der Waals surface area contributed by atoms with Crippen LogP contribution in [0.2, 0.25) is 5.02 Å². The van der Waals surface area contributed by atoms with E-state index in [0.717, 1.165) is 35.3 Å². The summed E-state index contributed by atoms with van der Waals surface area (Å²) in [4.78, 5) is 15.3. The average molecular weight is 508 g/mol. The fourth-order valence-electron chi connectivity index (χ4n) is 4.52. The van der Waals surface area contributed by atoms with Gasteiger partial charge >= 0.3 is 0 Å². The second kappa shape index (κ2) is 11.7. The molecule has 5 rings (SSSR count). The summed E-state index contributed by atoms with van der Waals surface area (Å²) in [5.41, 5.74) is 4.19. The zero-order valence-electron chi connectivity index (χ0n) is 20.2. The highest BCUT2D eigenvalue weighted by atomic mass is 35.5. The highest BCUT2D eigenvalue weighted by Crippen LogP contribution is 2.38. The number of nitrogens with zero attached hydrogens (tertiary/aromatic N) is 1. The Kier molecular flexibility index (Phi) is 7.94. The van der Waals surface area contributed by atoms with E-state index in [2.05, 4.69) is 24.3 Å². The lowest BCUT2D eigenvalue weighted by Crippen LogP contribution is -2.35. The lowest BCUT2D eigenvalue weighted by atomic mass is 10.0. The minimum Gasteiger partial charge on any atom is -0.491 e. The summed E-state index contributed by atoms with van der Waals surface area (Å²) < 4.78 is 23.3. The van der Waals surface area contributed by atoms with Gasteiger partial charge in [-0.3, -0.25) is 4.79 Å². The maximum Gasteiger partial charge on any atom is 0.227 e. The SMILES string of the molecule is O=C(Cc1cc(Cl)c2c(c1)OCCCO2)N1CCOCCOc2ccccc2Cc2cccc(c2)C1. The minimum atomic E-state index is 0.00301. The summed E-state index contributed by atoms with van der Waals surface area (Å²) in [6, 6.07) is 20.1. The van der Waals surface area contributed by atoms with Crippen molar-refractivity contribution in [3.8, 4) is 17.2 Å². The number of benzene rings is 3. The number of fused-ring (bicyclic) bond motifs is 4. The van der Waals surface area contributed by atoms with E-state index >= 15 is 0 Å². The molecule has 188 valence electrons. The summed E-state index contributed by atoms with van der Waals surface area (Å²) >= 11 is 6.46. The molecule has 2 aliphatic rings. The van der Waals surface area contributed by atoms with Crippen molar-refractivity contribution in [2.24, 2.45) is 0 Å². The third-order valence-electron chi connectivity index (χ3n) is 6.29. The zero-order chi connectivity index (χ0) is 24.7. The van der Waals surface area contributed by atoms with Gasteiger partial charge in [0, 0.05) is 25.9 Å². The Morgan fingerprint density at radius 2 is 1.67 bits per heavy atom. The molecular formula is C29H30ClNO5. The van der Waals surface area contributed by atoms with Gasteiger partial charge in [-0.05, 0) is 40.5 Å². The molecule has 0 saturated heterocycles.